The van der Waals surface area contributed by atoms with Gasteiger partial charge in [0.05, 0.1) is 0 Å². The third-order valence-electron chi connectivity index (χ3n) is 10.8. The second-order valence-corrected chi connectivity index (χ2v) is 14.1. The van der Waals surface area contributed by atoms with E-state index in [0.29, 0.717) is 0 Å². The zero-order valence-corrected chi connectivity index (χ0v) is 30.3. The first kappa shape index (κ1) is 32.4. The van der Waals surface area contributed by atoms with Gasteiger partial charge in [-0.3, -0.25) is 0 Å². The molecule has 0 aliphatic carbocycles. The van der Waals surface area contributed by atoms with E-state index < -0.39 is 0 Å². The number of anilines is 3. The summed E-state index contributed by atoms with van der Waals surface area (Å²) in [5.74, 6) is 0. The zero-order chi connectivity index (χ0) is 36.6. The van der Waals surface area contributed by atoms with Gasteiger partial charge in [-0.05, 0) is 125 Å². The molecule has 0 aliphatic heterocycles. The molecular formula is C54H37N. The zero-order valence-electron chi connectivity index (χ0n) is 30.3. The summed E-state index contributed by atoms with van der Waals surface area (Å²) in [6.45, 7) is 0. The summed E-state index contributed by atoms with van der Waals surface area (Å²) in [6, 6.07) is 81.4. The lowest BCUT2D eigenvalue weighted by Gasteiger charge is -2.26. The predicted octanol–water partition coefficient (Wildman–Crippen LogP) is 15.3. The first-order chi connectivity index (χ1) is 27.3. The highest BCUT2D eigenvalue weighted by Gasteiger charge is 2.17. The Morgan fingerprint density at radius 2 is 0.709 bits per heavy atom. The van der Waals surface area contributed by atoms with Crippen LogP contribution in [-0.4, -0.2) is 0 Å². The lowest BCUT2D eigenvalue weighted by molar-refractivity contribution is 1.29. The van der Waals surface area contributed by atoms with E-state index in [9.17, 15) is 0 Å². The molecule has 55 heavy (non-hydrogen) atoms. The van der Waals surface area contributed by atoms with Gasteiger partial charge in [0, 0.05) is 17.1 Å². The molecule has 0 atom stereocenters. The lowest BCUT2D eigenvalue weighted by atomic mass is 9.87. The smallest absolute Gasteiger partial charge is 0.0468 e. The molecule has 0 spiro atoms. The van der Waals surface area contributed by atoms with Gasteiger partial charge in [0.15, 0.2) is 0 Å². The Bertz CT molecular complexity index is 2950. The molecule has 0 saturated heterocycles. The lowest BCUT2D eigenvalue weighted by Crippen LogP contribution is -2.09. The van der Waals surface area contributed by atoms with Gasteiger partial charge >= 0.3 is 0 Å². The molecule has 0 fully saturated rings. The van der Waals surface area contributed by atoms with Crippen LogP contribution < -0.4 is 4.90 Å². The summed E-state index contributed by atoms with van der Waals surface area (Å²) in [6.07, 6.45) is 0. The third kappa shape index (κ3) is 6.12. The maximum Gasteiger partial charge on any atom is 0.0468 e. The van der Waals surface area contributed by atoms with Crippen molar-refractivity contribution < 1.29 is 0 Å². The van der Waals surface area contributed by atoms with Crippen LogP contribution in [-0.2, 0) is 0 Å². The van der Waals surface area contributed by atoms with Crippen molar-refractivity contribution in [1.29, 1.82) is 0 Å². The molecule has 0 aromatic heterocycles. The van der Waals surface area contributed by atoms with Crippen LogP contribution in [0.15, 0.2) is 224 Å². The van der Waals surface area contributed by atoms with E-state index in [0.717, 1.165) is 17.1 Å². The number of nitrogens with zero attached hydrogens (tertiary/aromatic N) is 1. The summed E-state index contributed by atoms with van der Waals surface area (Å²) in [4.78, 5) is 2.36. The van der Waals surface area contributed by atoms with E-state index in [-0.39, 0.29) is 0 Å². The molecule has 10 aromatic carbocycles. The molecule has 10 rings (SSSR count). The van der Waals surface area contributed by atoms with Gasteiger partial charge < -0.3 is 4.90 Å². The molecule has 0 bridgehead atoms. The first-order valence-electron chi connectivity index (χ1n) is 18.9. The van der Waals surface area contributed by atoms with Crippen molar-refractivity contribution in [3.63, 3.8) is 0 Å². The van der Waals surface area contributed by atoms with E-state index in [2.05, 4.69) is 229 Å². The third-order valence-corrected chi connectivity index (χ3v) is 10.8. The van der Waals surface area contributed by atoms with E-state index >= 15 is 0 Å². The fourth-order valence-electron chi connectivity index (χ4n) is 8.09. The van der Waals surface area contributed by atoms with Crippen molar-refractivity contribution >= 4 is 49.4 Å². The van der Waals surface area contributed by atoms with Gasteiger partial charge in [-0.1, -0.05) is 176 Å². The molecule has 0 amide bonds. The predicted molar refractivity (Wildman–Crippen MR) is 235 cm³/mol. The molecule has 0 radical (unpaired) electrons. The minimum Gasteiger partial charge on any atom is -0.310 e. The largest absolute Gasteiger partial charge is 0.310 e. The number of hydrogen-bond acceptors (Lipinski definition) is 1. The van der Waals surface area contributed by atoms with E-state index in [1.165, 1.54) is 76.8 Å². The fraction of sp³-hybridized carbons (Fsp3) is 0. The topological polar surface area (TPSA) is 3.24 Å². The molecule has 0 heterocycles. The Morgan fingerprint density at radius 3 is 1.40 bits per heavy atom. The van der Waals surface area contributed by atoms with Gasteiger partial charge in [0.25, 0.3) is 0 Å². The van der Waals surface area contributed by atoms with Crippen molar-refractivity contribution in [2.75, 3.05) is 4.90 Å². The second-order valence-electron chi connectivity index (χ2n) is 14.1. The second kappa shape index (κ2) is 14.0. The molecule has 0 aliphatic rings. The van der Waals surface area contributed by atoms with Gasteiger partial charge in [0.2, 0.25) is 0 Å². The van der Waals surface area contributed by atoms with Crippen LogP contribution in [0.4, 0.5) is 17.1 Å². The summed E-state index contributed by atoms with van der Waals surface area (Å²) in [5.41, 5.74) is 13.0. The van der Waals surface area contributed by atoms with Crippen molar-refractivity contribution in [1.82, 2.24) is 0 Å². The highest BCUT2D eigenvalue weighted by atomic mass is 15.1. The van der Waals surface area contributed by atoms with Crippen LogP contribution in [0.2, 0.25) is 0 Å². The average molecular weight is 700 g/mol. The highest BCUT2D eigenvalue weighted by molar-refractivity contribution is 6.15. The maximum absolute atomic E-state index is 2.37. The molecule has 0 N–H and O–H groups in total. The highest BCUT2D eigenvalue weighted by Crippen LogP contribution is 2.42. The van der Waals surface area contributed by atoms with E-state index in [4.69, 9.17) is 0 Å². The van der Waals surface area contributed by atoms with Crippen LogP contribution >= 0.6 is 0 Å². The van der Waals surface area contributed by atoms with Crippen molar-refractivity contribution in [3.05, 3.63) is 224 Å². The average Bonchev–Trinajstić information content (AvgIpc) is 3.27. The normalized spacial score (nSPS) is 11.3. The van der Waals surface area contributed by atoms with Crippen LogP contribution in [0, 0.1) is 0 Å². The number of fused-ring (bicyclic) bond motifs is 4. The number of benzene rings is 10. The quantitative estimate of drug-likeness (QED) is 0.150. The van der Waals surface area contributed by atoms with Crippen molar-refractivity contribution in [3.8, 4) is 44.5 Å². The minimum absolute atomic E-state index is 1.11. The Labute approximate surface area is 322 Å². The molecule has 1 heteroatoms. The van der Waals surface area contributed by atoms with E-state index in [1.807, 2.05) is 0 Å². The van der Waals surface area contributed by atoms with Crippen molar-refractivity contribution in [2.45, 2.75) is 0 Å². The van der Waals surface area contributed by atoms with Crippen LogP contribution in [0.5, 0.6) is 0 Å². The van der Waals surface area contributed by atoms with Crippen LogP contribution in [0.3, 0.4) is 0 Å². The molecule has 0 saturated carbocycles. The van der Waals surface area contributed by atoms with Crippen LogP contribution in [0.1, 0.15) is 0 Å². The molecule has 10 aromatic rings. The fourth-order valence-corrected chi connectivity index (χ4v) is 8.09. The monoisotopic (exact) mass is 699 g/mol. The Hall–Kier alpha value is -7.22. The van der Waals surface area contributed by atoms with Gasteiger partial charge in [0.1, 0.15) is 0 Å². The molecule has 0 unspecified atom stereocenters. The Morgan fingerprint density at radius 1 is 0.218 bits per heavy atom. The molecule has 258 valence electrons. The first-order valence-corrected chi connectivity index (χ1v) is 18.9. The number of hydrogen-bond donors (Lipinski definition) is 0. The standard InChI is InChI=1S/C54H37N/c1-3-13-38(14-4-1)40-23-29-46(30-24-40)55(48-33-27-39-15-7-8-18-43(39)35-48)47-31-25-41(26-32-47)44-28-34-52(53(36-44)42-16-5-2-6-17-42)54-37-45-19-9-10-20-49(45)50-21-11-12-22-51(50)54/h1-37H. The Kier molecular flexibility index (Phi) is 8.24. The summed E-state index contributed by atoms with van der Waals surface area (Å²) in [5, 5.41) is 7.52. The minimum atomic E-state index is 1.11. The summed E-state index contributed by atoms with van der Waals surface area (Å²) < 4.78 is 0. The van der Waals surface area contributed by atoms with Gasteiger partial charge in [-0.25, -0.2) is 0 Å². The molecule has 1 nitrogen and oxygen atoms in total. The Balaban J connectivity index is 1.07. The SMILES string of the molecule is c1ccc(-c2ccc(N(c3ccc(-c4ccc(-c5cc6ccccc6c6ccccc56)c(-c5ccccc5)c4)cc3)c3ccc4ccccc4c3)cc2)cc1. The molecular weight excluding hydrogens is 663 g/mol. The van der Waals surface area contributed by atoms with E-state index in [1.54, 1.807) is 0 Å². The number of rotatable bonds is 7. The maximum atomic E-state index is 2.37. The summed E-state index contributed by atoms with van der Waals surface area (Å²) in [7, 11) is 0. The summed E-state index contributed by atoms with van der Waals surface area (Å²) >= 11 is 0. The van der Waals surface area contributed by atoms with Gasteiger partial charge in [-0.2, -0.15) is 0 Å². The van der Waals surface area contributed by atoms with Gasteiger partial charge in [-0.15, -0.1) is 0 Å². The van der Waals surface area contributed by atoms with Crippen LogP contribution in [0.25, 0.3) is 76.8 Å². The van der Waals surface area contributed by atoms with Crippen molar-refractivity contribution in [2.24, 2.45) is 0 Å².